The van der Waals surface area contributed by atoms with Crippen LogP contribution in [0.1, 0.15) is 11.1 Å². The van der Waals surface area contributed by atoms with Crippen molar-refractivity contribution in [1.82, 2.24) is 0 Å². The fourth-order valence-electron chi connectivity index (χ4n) is 0.815. The van der Waals surface area contributed by atoms with Gasteiger partial charge in [0.05, 0.1) is 6.21 Å². The van der Waals surface area contributed by atoms with Crippen LogP contribution in [0.25, 0.3) is 0 Å². The van der Waals surface area contributed by atoms with E-state index in [1.807, 2.05) is 0 Å². The molecular weight excluding hydrogens is 154 g/mol. The first kappa shape index (κ1) is 8.26. The minimum absolute atomic E-state index is 0.0301. The maximum Gasteiger partial charge on any atom is 0.122 e. The van der Waals surface area contributed by atoms with Crippen LogP contribution in [0, 0.1) is 5.41 Å². The predicted octanol–water partition coefficient (Wildman–Crippen LogP) is 0.779. The van der Waals surface area contributed by atoms with E-state index in [0.29, 0.717) is 5.56 Å². The lowest BCUT2D eigenvalue weighted by molar-refractivity contribution is 0.322. The zero-order valence-corrected chi connectivity index (χ0v) is 6.36. The fourth-order valence-corrected chi connectivity index (χ4v) is 0.815. The van der Waals surface area contributed by atoms with Crippen molar-refractivity contribution in [2.45, 2.75) is 0 Å². The molecule has 0 radical (unpaired) electrons. The molecule has 0 unspecified atom stereocenters. The molecule has 12 heavy (non-hydrogen) atoms. The van der Waals surface area contributed by atoms with Crippen molar-refractivity contribution in [3.05, 3.63) is 35.4 Å². The van der Waals surface area contributed by atoms with Crippen LogP contribution in [0.15, 0.2) is 29.4 Å². The van der Waals surface area contributed by atoms with Crippen LogP contribution >= 0.6 is 0 Å². The maximum atomic E-state index is 8.20. The molecule has 0 aliphatic rings. The van der Waals surface area contributed by atoms with E-state index in [0.717, 1.165) is 5.56 Å². The van der Waals surface area contributed by atoms with Gasteiger partial charge in [-0.15, -0.1) is 0 Å². The van der Waals surface area contributed by atoms with E-state index in [1.165, 1.54) is 6.21 Å². The van der Waals surface area contributed by atoms with Crippen molar-refractivity contribution in [2.24, 2.45) is 10.9 Å². The SMILES string of the molecule is N=C(N)c1ccc(/C=N/O)cc1. The lowest BCUT2D eigenvalue weighted by atomic mass is 10.1. The molecule has 0 bridgehead atoms. The Balaban J connectivity index is 2.93. The fraction of sp³-hybridized carbons (Fsp3) is 0. The monoisotopic (exact) mass is 163 g/mol. The lowest BCUT2D eigenvalue weighted by Crippen LogP contribution is -2.10. The molecule has 0 saturated heterocycles. The highest BCUT2D eigenvalue weighted by atomic mass is 16.4. The molecule has 0 saturated carbocycles. The molecular formula is C8H9N3O. The number of rotatable bonds is 2. The second-order valence-corrected chi connectivity index (χ2v) is 2.28. The highest BCUT2D eigenvalue weighted by Gasteiger charge is 1.94. The molecule has 0 amide bonds. The number of benzene rings is 1. The third-order valence-corrected chi connectivity index (χ3v) is 1.43. The summed E-state index contributed by atoms with van der Waals surface area (Å²) < 4.78 is 0. The number of hydrogen-bond acceptors (Lipinski definition) is 3. The molecule has 1 aromatic carbocycles. The van der Waals surface area contributed by atoms with Gasteiger partial charge in [0.25, 0.3) is 0 Å². The largest absolute Gasteiger partial charge is 0.411 e. The average molecular weight is 163 g/mol. The summed E-state index contributed by atoms with van der Waals surface area (Å²) in [4.78, 5) is 0. The van der Waals surface area contributed by atoms with E-state index in [4.69, 9.17) is 16.4 Å². The van der Waals surface area contributed by atoms with E-state index < -0.39 is 0 Å². The Morgan fingerprint density at radius 3 is 2.42 bits per heavy atom. The summed E-state index contributed by atoms with van der Waals surface area (Å²) in [5.41, 5.74) is 6.66. The summed E-state index contributed by atoms with van der Waals surface area (Å²) in [5.74, 6) is 0.0301. The highest BCUT2D eigenvalue weighted by Crippen LogP contribution is 2.00. The Morgan fingerprint density at radius 2 is 2.00 bits per heavy atom. The number of nitrogen functional groups attached to an aromatic ring is 1. The van der Waals surface area contributed by atoms with E-state index in [9.17, 15) is 0 Å². The molecule has 0 atom stereocenters. The number of nitrogens with two attached hydrogens (primary N) is 1. The molecule has 4 N–H and O–H groups in total. The maximum absolute atomic E-state index is 8.20. The van der Waals surface area contributed by atoms with Crippen LogP contribution in [-0.2, 0) is 0 Å². The molecule has 62 valence electrons. The molecule has 1 rings (SSSR count). The van der Waals surface area contributed by atoms with Crippen molar-refractivity contribution >= 4 is 12.1 Å². The Labute approximate surface area is 69.8 Å². The normalized spacial score (nSPS) is 10.3. The summed E-state index contributed by atoms with van der Waals surface area (Å²) in [5, 5.41) is 18.2. The van der Waals surface area contributed by atoms with Crippen LogP contribution in [0.2, 0.25) is 0 Å². The van der Waals surface area contributed by atoms with E-state index in [2.05, 4.69) is 5.16 Å². The number of hydrogen-bond donors (Lipinski definition) is 3. The number of nitrogens with zero attached hydrogens (tertiary/aromatic N) is 1. The van der Waals surface area contributed by atoms with Crippen LogP contribution in [0.4, 0.5) is 0 Å². The first-order valence-electron chi connectivity index (χ1n) is 3.36. The topological polar surface area (TPSA) is 82.5 Å². The van der Waals surface area contributed by atoms with Gasteiger partial charge in [0.1, 0.15) is 5.84 Å². The Morgan fingerprint density at radius 1 is 1.42 bits per heavy atom. The van der Waals surface area contributed by atoms with Gasteiger partial charge in [-0.1, -0.05) is 29.4 Å². The van der Waals surface area contributed by atoms with E-state index >= 15 is 0 Å². The van der Waals surface area contributed by atoms with Crippen LogP contribution in [0.5, 0.6) is 0 Å². The molecule has 0 aliphatic carbocycles. The molecule has 4 nitrogen and oxygen atoms in total. The summed E-state index contributed by atoms with van der Waals surface area (Å²) in [6.45, 7) is 0. The number of nitrogens with one attached hydrogen (secondary N) is 1. The van der Waals surface area contributed by atoms with Gasteiger partial charge < -0.3 is 10.9 Å². The summed E-state index contributed by atoms with van der Waals surface area (Å²) >= 11 is 0. The smallest absolute Gasteiger partial charge is 0.122 e. The van der Waals surface area contributed by atoms with E-state index in [-0.39, 0.29) is 5.84 Å². The second-order valence-electron chi connectivity index (χ2n) is 2.28. The van der Waals surface area contributed by atoms with Crippen molar-refractivity contribution < 1.29 is 5.21 Å². The van der Waals surface area contributed by atoms with Crippen molar-refractivity contribution in [3.63, 3.8) is 0 Å². The van der Waals surface area contributed by atoms with Crippen LogP contribution < -0.4 is 5.73 Å². The van der Waals surface area contributed by atoms with E-state index in [1.54, 1.807) is 24.3 Å². The van der Waals surface area contributed by atoms with Gasteiger partial charge in [-0.05, 0) is 5.56 Å². The predicted molar refractivity (Wildman–Crippen MR) is 46.8 cm³/mol. The Hall–Kier alpha value is -1.84. The van der Waals surface area contributed by atoms with Gasteiger partial charge in [0.15, 0.2) is 0 Å². The van der Waals surface area contributed by atoms with Crippen molar-refractivity contribution in [3.8, 4) is 0 Å². The summed E-state index contributed by atoms with van der Waals surface area (Å²) in [6.07, 6.45) is 1.31. The van der Waals surface area contributed by atoms with Gasteiger partial charge in [-0.2, -0.15) is 0 Å². The number of amidine groups is 1. The number of oxime groups is 1. The standard InChI is InChI=1S/C8H9N3O/c9-8(10)7-3-1-6(2-4-7)5-11-12/h1-5,12H,(H3,9,10)/b11-5+. The highest BCUT2D eigenvalue weighted by molar-refractivity contribution is 5.95. The van der Waals surface area contributed by atoms with Gasteiger partial charge >= 0.3 is 0 Å². The van der Waals surface area contributed by atoms with Gasteiger partial charge in [-0.25, -0.2) is 0 Å². The minimum Gasteiger partial charge on any atom is -0.411 e. The minimum atomic E-state index is 0.0301. The first-order valence-corrected chi connectivity index (χ1v) is 3.36. The van der Waals surface area contributed by atoms with Crippen LogP contribution in [0.3, 0.4) is 0 Å². The molecule has 1 aromatic rings. The summed E-state index contributed by atoms with van der Waals surface area (Å²) in [7, 11) is 0. The second kappa shape index (κ2) is 3.52. The Bertz CT molecular complexity index is 303. The van der Waals surface area contributed by atoms with Crippen molar-refractivity contribution in [1.29, 1.82) is 5.41 Å². The van der Waals surface area contributed by atoms with Crippen molar-refractivity contribution in [2.75, 3.05) is 0 Å². The first-order chi connectivity index (χ1) is 5.74. The zero-order valence-electron chi connectivity index (χ0n) is 6.36. The third-order valence-electron chi connectivity index (χ3n) is 1.43. The van der Waals surface area contributed by atoms with Gasteiger partial charge in [0.2, 0.25) is 0 Å². The lowest BCUT2D eigenvalue weighted by Gasteiger charge is -1.96. The molecule has 0 heterocycles. The summed E-state index contributed by atoms with van der Waals surface area (Å²) in [6, 6.07) is 6.82. The molecule has 0 aromatic heterocycles. The molecule has 0 aliphatic heterocycles. The molecule has 4 heteroatoms. The van der Waals surface area contributed by atoms with Gasteiger partial charge in [0, 0.05) is 5.56 Å². The quantitative estimate of drug-likeness (QED) is 0.260. The molecule has 0 spiro atoms. The Kier molecular flexibility index (Phi) is 2.42. The average Bonchev–Trinajstić information content (AvgIpc) is 2.06. The molecule has 0 fully saturated rings. The van der Waals surface area contributed by atoms with Gasteiger partial charge in [-0.3, -0.25) is 5.41 Å². The third kappa shape index (κ3) is 1.82. The zero-order chi connectivity index (χ0) is 8.97. The van der Waals surface area contributed by atoms with Crippen LogP contribution in [-0.4, -0.2) is 17.3 Å².